The van der Waals surface area contributed by atoms with Crippen LogP contribution in [0.3, 0.4) is 0 Å². The number of hydrogen-bond acceptors (Lipinski definition) is 6. The Morgan fingerprint density at radius 1 is 1.10 bits per heavy atom. The molecule has 7 heteroatoms. The maximum Gasteiger partial charge on any atom is 0.336 e. The van der Waals surface area contributed by atoms with Crippen LogP contribution in [0.2, 0.25) is 0 Å². The molecule has 0 atom stereocenters. The fraction of sp³-hybridized carbons (Fsp3) is 0.227. The van der Waals surface area contributed by atoms with E-state index in [9.17, 15) is 14.4 Å². The number of hydrogen-bond donors (Lipinski definition) is 1. The molecular weight excluding hydrogens is 374 g/mol. The summed E-state index contributed by atoms with van der Waals surface area (Å²) < 4.78 is 15.5. The lowest BCUT2D eigenvalue weighted by Gasteiger charge is -2.09. The van der Waals surface area contributed by atoms with Crippen LogP contribution in [0.4, 0.5) is 0 Å². The fourth-order valence-corrected chi connectivity index (χ4v) is 2.89. The number of amides is 1. The van der Waals surface area contributed by atoms with Crippen molar-refractivity contribution in [3.63, 3.8) is 0 Å². The molecule has 7 nitrogen and oxygen atoms in total. The highest BCUT2D eigenvalue weighted by Gasteiger charge is 2.12. The molecule has 0 aliphatic rings. The van der Waals surface area contributed by atoms with Crippen molar-refractivity contribution >= 4 is 22.8 Å². The number of carbonyl (C=O) groups is 2. The number of aryl methyl sites for hydroxylation is 1. The Labute approximate surface area is 167 Å². The van der Waals surface area contributed by atoms with Gasteiger partial charge in [-0.1, -0.05) is 18.2 Å². The van der Waals surface area contributed by atoms with Gasteiger partial charge in [0.05, 0.1) is 13.5 Å². The Hall–Kier alpha value is -3.61. The van der Waals surface area contributed by atoms with Crippen LogP contribution in [0.5, 0.6) is 5.75 Å². The predicted molar refractivity (Wildman–Crippen MR) is 107 cm³/mol. The third kappa shape index (κ3) is 5.01. The Morgan fingerprint density at radius 3 is 2.66 bits per heavy atom. The molecule has 0 aliphatic heterocycles. The molecule has 29 heavy (non-hydrogen) atoms. The van der Waals surface area contributed by atoms with E-state index < -0.39 is 11.6 Å². The van der Waals surface area contributed by atoms with Gasteiger partial charge in [0.25, 0.3) is 5.91 Å². The van der Waals surface area contributed by atoms with Gasteiger partial charge in [-0.05, 0) is 30.7 Å². The summed E-state index contributed by atoms with van der Waals surface area (Å²) in [5.74, 6) is -0.166. The summed E-state index contributed by atoms with van der Waals surface area (Å²) >= 11 is 0. The van der Waals surface area contributed by atoms with Crippen molar-refractivity contribution < 1.29 is 23.5 Å². The van der Waals surface area contributed by atoms with Gasteiger partial charge < -0.3 is 19.2 Å². The first-order chi connectivity index (χ1) is 14.0. The molecule has 1 N–H and O–H groups in total. The fourth-order valence-electron chi connectivity index (χ4n) is 2.89. The van der Waals surface area contributed by atoms with E-state index in [-0.39, 0.29) is 25.5 Å². The van der Waals surface area contributed by atoms with Crippen LogP contribution >= 0.6 is 0 Å². The lowest BCUT2D eigenvalue weighted by molar-refractivity contribution is -0.144. The minimum Gasteiger partial charge on any atom is -0.497 e. The predicted octanol–water partition coefficient (Wildman–Crippen LogP) is 2.97. The summed E-state index contributed by atoms with van der Waals surface area (Å²) in [6.45, 7) is 1.93. The van der Waals surface area contributed by atoms with Crippen molar-refractivity contribution in [2.45, 2.75) is 20.0 Å². The van der Waals surface area contributed by atoms with Crippen LogP contribution in [0, 0.1) is 6.92 Å². The first-order valence-electron chi connectivity index (χ1n) is 9.08. The number of esters is 1. The molecule has 0 aliphatic carbocycles. The third-order valence-corrected chi connectivity index (χ3v) is 4.43. The van der Waals surface area contributed by atoms with E-state index in [2.05, 4.69) is 5.32 Å². The number of benzene rings is 2. The summed E-state index contributed by atoms with van der Waals surface area (Å²) in [5, 5.41) is 3.36. The zero-order valence-corrected chi connectivity index (χ0v) is 16.2. The molecular formula is C22H21NO6. The van der Waals surface area contributed by atoms with E-state index in [4.69, 9.17) is 13.9 Å². The van der Waals surface area contributed by atoms with E-state index in [0.29, 0.717) is 27.8 Å². The molecule has 0 bridgehead atoms. The van der Waals surface area contributed by atoms with Crippen LogP contribution in [0.25, 0.3) is 11.0 Å². The standard InChI is InChI=1S/C22H21NO6/c1-14-5-3-4-6-17(14)22(26)23-10-9-20(24)28-13-15-11-21(25)29-19-12-16(27-2)7-8-18(15)19/h3-8,11-12H,9-10,13H2,1-2H3,(H,23,26). The summed E-state index contributed by atoms with van der Waals surface area (Å²) in [6.07, 6.45) is 0.0187. The zero-order valence-electron chi connectivity index (χ0n) is 16.2. The van der Waals surface area contributed by atoms with Gasteiger partial charge in [0, 0.05) is 35.2 Å². The highest BCUT2D eigenvalue weighted by atomic mass is 16.5. The second kappa shape index (κ2) is 9.05. The van der Waals surface area contributed by atoms with Gasteiger partial charge in [0.1, 0.15) is 17.9 Å². The highest BCUT2D eigenvalue weighted by molar-refractivity contribution is 5.95. The third-order valence-electron chi connectivity index (χ3n) is 4.43. The summed E-state index contributed by atoms with van der Waals surface area (Å²) in [4.78, 5) is 35.9. The molecule has 0 saturated carbocycles. The first-order valence-corrected chi connectivity index (χ1v) is 9.08. The smallest absolute Gasteiger partial charge is 0.336 e. The van der Waals surface area contributed by atoms with Gasteiger partial charge in [0.2, 0.25) is 0 Å². The normalized spacial score (nSPS) is 10.6. The molecule has 1 heterocycles. The molecule has 150 valence electrons. The number of ether oxygens (including phenoxy) is 2. The van der Waals surface area contributed by atoms with E-state index in [1.165, 1.54) is 13.2 Å². The van der Waals surface area contributed by atoms with Crippen LogP contribution in [0.15, 0.2) is 57.7 Å². The Balaban J connectivity index is 1.56. The molecule has 1 aromatic heterocycles. The second-order valence-corrected chi connectivity index (χ2v) is 6.43. The second-order valence-electron chi connectivity index (χ2n) is 6.43. The Kier molecular flexibility index (Phi) is 6.29. The highest BCUT2D eigenvalue weighted by Crippen LogP contribution is 2.23. The van der Waals surface area contributed by atoms with Crippen molar-refractivity contribution in [3.05, 3.63) is 75.6 Å². The number of nitrogens with one attached hydrogen (secondary N) is 1. The number of methoxy groups -OCH3 is 1. The molecule has 0 unspecified atom stereocenters. The molecule has 1 amide bonds. The molecule has 2 aromatic carbocycles. The summed E-state index contributed by atoms with van der Waals surface area (Å²) in [7, 11) is 1.52. The number of carbonyl (C=O) groups excluding carboxylic acids is 2. The van der Waals surface area contributed by atoms with Gasteiger partial charge in [-0.15, -0.1) is 0 Å². The zero-order chi connectivity index (χ0) is 20.8. The number of rotatable bonds is 7. The van der Waals surface area contributed by atoms with Crippen molar-refractivity contribution in [1.29, 1.82) is 0 Å². The minimum absolute atomic E-state index is 0.0187. The van der Waals surface area contributed by atoms with E-state index in [1.807, 2.05) is 19.1 Å². The SMILES string of the molecule is COc1ccc2c(COC(=O)CCNC(=O)c3ccccc3C)cc(=O)oc2c1. The maximum absolute atomic E-state index is 12.1. The average Bonchev–Trinajstić information content (AvgIpc) is 2.71. The van der Waals surface area contributed by atoms with E-state index in [0.717, 1.165) is 5.56 Å². The maximum atomic E-state index is 12.1. The van der Waals surface area contributed by atoms with Crippen molar-refractivity contribution in [3.8, 4) is 5.75 Å². The molecule has 3 aromatic rings. The monoisotopic (exact) mass is 395 g/mol. The van der Waals surface area contributed by atoms with Crippen LogP contribution in [0.1, 0.15) is 27.9 Å². The van der Waals surface area contributed by atoms with Crippen molar-refractivity contribution in [2.24, 2.45) is 0 Å². The van der Waals surface area contributed by atoms with E-state index in [1.54, 1.807) is 30.3 Å². The molecule has 0 radical (unpaired) electrons. The average molecular weight is 395 g/mol. The lowest BCUT2D eigenvalue weighted by Crippen LogP contribution is -2.27. The summed E-state index contributed by atoms with van der Waals surface area (Å²) in [5.41, 5.74) is 1.78. The Morgan fingerprint density at radius 2 is 1.90 bits per heavy atom. The molecule has 0 fully saturated rings. The first kappa shape index (κ1) is 20.1. The lowest BCUT2D eigenvalue weighted by atomic mass is 10.1. The van der Waals surface area contributed by atoms with Gasteiger partial charge in [-0.3, -0.25) is 9.59 Å². The largest absolute Gasteiger partial charge is 0.497 e. The van der Waals surface area contributed by atoms with Crippen molar-refractivity contribution in [1.82, 2.24) is 5.32 Å². The molecule has 3 rings (SSSR count). The van der Waals surface area contributed by atoms with Gasteiger partial charge in [-0.25, -0.2) is 4.79 Å². The minimum atomic E-state index is -0.540. The van der Waals surface area contributed by atoms with Gasteiger partial charge >= 0.3 is 11.6 Å². The Bertz CT molecular complexity index is 1100. The van der Waals surface area contributed by atoms with Crippen LogP contribution < -0.4 is 15.7 Å². The van der Waals surface area contributed by atoms with Gasteiger partial charge in [-0.2, -0.15) is 0 Å². The molecule has 0 spiro atoms. The quantitative estimate of drug-likeness (QED) is 0.488. The van der Waals surface area contributed by atoms with Gasteiger partial charge in [0.15, 0.2) is 0 Å². The summed E-state index contributed by atoms with van der Waals surface area (Å²) in [6, 6.07) is 13.6. The number of fused-ring (bicyclic) bond motifs is 1. The van der Waals surface area contributed by atoms with Crippen molar-refractivity contribution in [2.75, 3.05) is 13.7 Å². The van der Waals surface area contributed by atoms with Crippen LogP contribution in [-0.4, -0.2) is 25.5 Å². The van der Waals surface area contributed by atoms with Crippen LogP contribution in [-0.2, 0) is 16.1 Å². The molecule has 0 saturated heterocycles. The van der Waals surface area contributed by atoms with E-state index >= 15 is 0 Å². The topological polar surface area (TPSA) is 94.8 Å².